The summed E-state index contributed by atoms with van der Waals surface area (Å²) in [5.41, 5.74) is 2.70. The number of thiazole rings is 1. The zero-order valence-electron chi connectivity index (χ0n) is 17.8. The summed E-state index contributed by atoms with van der Waals surface area (Å²) in [6.45, 7) is 1.73. The minimum atomic E-state index is -0.401. The lowest BCUT2D eigenvalue weighted by molar-refractivity contribution is -0.120. The van der Waals surface area contributed by atoms with Gasteiger partial charge in [0.15, 0.2) is 6.61 Å². The Morgan fingerprint density at radius 2 is 1.91 bits per heavy atom. The molecule has 0 unspecified atom stereocenters. The van der Waals surface area contributed by atoms with Crippen LogP contribution < -0.4 is 14.5 Å². The summed E-state index contributed by atoms with van der Waals surface area (Å²) in [7, 11) is 1.60. The molecule has 1 amide bonds. The summed E-state index contributed by atoms with van der Waals surface area (Å²) >= 11 is 13.5. The van der Waals surface area contributed by atoms with Gasteiger partial charge in [0.05, 0.1) is 28.6 Å². The maximum atomic E-state index is 13.1. The SMILES string of the molecule is COc1ccc(/C=N/N(C(=O)COc2ccc(Cl)cc2Cl)c2nc3ccc(C)cc3s2)cc1. The van der Waals surface area contributed by atoms with Gasteiger partial charge >= 0.3 is 0 Å². The lowest BCUT2D eigenvalue weighted by Gasteiger charge is -2.15. The highest BCUT2D eigenvalue weighted by atomic mass is 35.5. The molecule has 0 aliphatic carbocycles. The highest BCUT2D eigenvalue weighted by molar-refractivity contribution is 7.22. The number of aromatic nitrogens is 1. The number of methoxy groups -OCH3 is 1. The maximum Gasteiger partial charge on any atom is 0.287 e. The van der Waals surface area contributed by atoms with Crippen LogP contribution in [-0.2, 0) is 4.79 Å². The van der Waals surface area contributed by atoms with Crippen LogP contribution in [0, 0.1) is 6.92 Å². The Labute approximate surface area is 205 Å². The van der Waals surface area contributed by atoms with E-state index in [-0.39, 0.29) is 6.61 Å². The van der Waals surface area contributed by atoms with E-state index in [4.69, 9.17) is 32.7 Å². The second-order valence-corrected chi connectivity index (χ2v) is 8.91. The van der Waals surface area contributed by atoms with E-state index in [0.717, 1.165) is 27.1 Å². The van der Waals surface area contributed by atoms with E-state index in [2.05, 4.69) is 10.1 Å². The molecule has 0 aliphatic heterocycles. The Kier molecular flexibility index (Phi) is 7.13. The summed E-state index contributed by atoms with van der Waals surface area (Å²) in [5.74, 6) is 0.685. The van der Waals surface area contributed by atoms with Crippen LogP contribution in [-0.4, -0.2) is 30.8 Å². The third-order valence-electron chi connectivity index (χ3n) is 4.63. The van der Waals surface area contributed by atoms with Crippen molar-refractivity contribution in [2.45, 2.75) is 6.92 Å². The lowest BCUT2D eigenvalue weighted by Crippen LogP contribution is -2.30. The molecule has 0 atom stereocenters. The van der Waals surface area contributed by atoms with Crippen molar-refractivity contribution in [3.8, 4) is 11.5 Å². The van der Waals surface area contributed by atoms with Gasteiger partial charge in [0.25, 0.3) is 5.91 Å². The first-order valence-corrected chi connectivity index (χ1v) is 11.5. The lowest BCUT2D eigenvalue weighted by atomic mass is 10.2. The number of hydrazone groups is 1. The first kappa shape index (κ1) is 23.0. The van der Waals surface area contributed by atoms with Crippen molar-refractivity contribution in [2.24, 2.45) is 5.10 Å². The molecule has 0 saturated carbocycles. The zero-order valence-corrected chi connectivity index (χ0v) is 20.1. The number of halogens is 2. The smallest absolute Gasteiger partial charge is 0.287 e. The van der Waals surface area contributed by atoms with E-state index >= 15 is 0 Å². The number of fused-ring (bicyclic) bond motifs is 1. The number of hydrogen-bond donors (Lipinski definition) is 0. The van der Waals surface area contributed by atoms with Gasteiger partial charge in [0.1, 0.15) is 11.5 Å². The summed E-state index contributed by atoms with van der Waals surface area (Å²) in [6, 6.07) is 18.1. The Hall–Kier alpha value is -3.13. The van der Waals surface area contributed by atoms with Crippen LogP contribution in [0.25, 0.3) is 10.2 Å². The summed E-state index contributed by atoms with van der Waals surface area (Å²) < 4.78 is 11.8. The van der Waals surface area contributed by atoms with E-state index < -0.39 is 5.91 Å². The van der Waals surface area contributed by atoms with Gasteiger partial charge in [-0.05, 0) is 72.6 Å². The molecular weight excluding hydrogens is 481 g/mol. The van der Waals surface area contributed by atoms with Crippen molar-refractivity contribution in [3.63, 3.8) is 0 Å². The van der Waals surface area contributed by atoms with Crippen molar-refractivity contribution < 1.29 is 14.3 Å². The second kappa shape index (κ2) is 10.2. The van der Waals surface area contributed by atoms with E-state index in [0.29, 0.717) is 20.9 Å². The predicted molar refractivity (Wildman–Crippen MR) is 134 cm³/mol. The number of ether oxygens (including phenoxy) is 2. The molecule has 4 aromatic rings. The van der Waals surface area contributed by atoms with Gasteiger partial charge < -0.3 is 9.47 Å². The van der Waals surface area contributed by atoms with Crippen molar-refractivity contribution in [1.29, 1.82) is 0 Å². The summed E-state index contributed by atoms with van der Waals surface area (Å²) in [5, 5.41) is 6.90. The highest BCUT2D eigenvalue weighted by Crippen LogP contribution is 2.31. The molecule has 1 aromatic heterocycles. The molecule has 0 N–H and O–H groups in total. The number of nitrogens with zero attached hydrogens (tertiary/aromatic N) is 3. The molecule has 6 nitrogen and oxygen atoms in total. The number of benzene rings is 3. The number of anilines is 1. The van der Waals surface area contributed by atoms with Crippen LogP contribution in [0.4, 0.5) is 5.13 Å². The number of carbonyl (C=O) groups excluding carboxylic acids is 1. The van der Waals surface area contributed by atoms with Gasteiger partial charge in [0, 0.05) is 5.02 Å². The fourth-order valence-corrected chi connectivity index (χ4v) is 4.44. The van der Waals surface area contributed by atoms with Crippen LogP contribution in [0.5, 0.6) is 11.5 Å². The summed E-state index contributed by atoms with van der Waals surface area (Å²) in [4.78, 5) is 17.7. The first-order chi connectivity index (χ1) is 15.9. The molecular formula is C24H19Cl2N3O3S. The van der Waals surface area contributed by atoms with Crippen molar-refractivity contribution in [2.75, 3.05) is 18.7 Å². The molecule has 0 spiro atoms. The van der Waals surface area contributed by atoms with E-state index in [1.54, 1.807) is 31.5 Å². The summed E-state index contributed by atoms with van der Waals surface area (Å²) in [6.07, 6.45) is 1.59. The van der Waals surface area contributed by atoms with Crippen LogP contribution >= 0.6 is 34.5 Å². The normalized spacial score (nSPS) is 11.2. The van der Waals surface area contributed by atoms with Crippen LogP contribution in [0.2, 0.25) is 10.0 Å². The molecule has 9 heteroatoms. The molecule has 3 aromatic carbocycles. The van der Waals surface area contributed by atoms with Gasteiger partial charge in [-0.1, -0.05) is 40.6 Å². The standard InChI is InChI=1S/C24H19Cl2N3O3S/c1-15-3-9-20-22(11-15)33-24(28-20)29(27-13-16-4-7-18(31-2)8-5-16)23(30)14-32-21-10-6-17(25)12-19(21)26/h3-13H,14H2,1-2H3/b27-13+. The van der Waals surface area contributed by atoms with Crippen LogP contribution in [0.15, 0.2) is 65.8 Å². The number of hydrogen-bond acceptors (Lipinski definition) is 6. The largest absolute Gasteiger partial charge is 0.497 e. The quantitative estimate of drug-likeness (QED) is 0.219. The average molecular weight is 500 g/mol. The van der Waals surface area contributed by atoms with Crippen molar-refractivity contribution >= 4 is 62.0 Å². The minimum Gasteiger partial charge on any atom is -0.497 e. The molecule has 33 heavy (non-hydrogen) atoms. The molecule has 1 heterocycles. The topological polar surface area (TPSA) is 64.0 Å². The van der Waals surface area contributed by atoms with Gasteiger partial charge in [-0.3, -0.25) is 4.79 Å². The molecule has 0 radical (unpaired) electrons. The third kappa shape index (κ3) is 5.63. The monoisotopic (exact) mass is 499 g/mol. The number of aryl methyl sites for hydroxylation is 1. The highest BCUT2D eigenvalue weighted by Gasteiger charge is 2.20. The van der Waals surface area contributed by atoms with E-state index in [1.807, 2.05) is 49.4 Å². The molecule has 0 bridgehead atoms. The van der Waals surface area contributed by atoms with Gasteiger partial charge in [0.2, 0.25) is 5.13 Å². The van der Waals surface area contributed by atoms with Gasteiger partial charge in [-0.2, -0.15) is 10.1 Å². The van der Waals surface area contributed by atoms with Crippen LogP contribution in [0.1, 0.15) is 11.1 Å². The number of amides is 1. The van der Waals surface area contributed by atoms with E-state index in [1.165, 1.54) is 16.3 Å². The van der Waals surface area contributed by atoms with Crippen LogP contribution in [0.3, 0.4) is 0 Å². The Morgan fingerprint density at radius 3 is 2.64 bits per heavy atom. The second-order valence-electron chi connectivity index (χ2n) is 7.05. The number of rotatable bonds is 7. The Morgan fingerprint density at radius 1 is 1.12 bits per heavy atom. The van der Waals surface area contributed by atoms with Gasteiger partial charge in [-0.15, -0.1) is 0 Å². The van der Waals surface area contributed by atoms with Gasteiger partial charge in [-0.25, -0.2) is 4.98 Å². The minimum absolute atomic E-state index is 0.281. The maximum absolute atomic E-state index is 13.1. The predicted octanol–water partition coefficient (Wildman–Crippen LogP) is 6.37. The molecule has 0 saturated heterocycles. The van der Waals surface area contributed by atoms with Crippen molar-refractivity contribution in [3.05, 3.63) is 81.8 Å². The molecule has 168 valence electrons. The molecule has 4 rings (SSSR count). The Bertz CT molecular complexity index is 1320. The fraction of sp³-hybridized carbons (Fsp3) is 0.125. The Balaban J connectivity index is 1.61. The van der Waals surface area contributed by atoms with E-state index in [9.17, 15) is 4.79 Å². The zero-order chi connectivity index (χ0) is 23.4. The number of carbonyl (C=O) groups is 1. The molecule has 0 aliphatic rings. The average Bonchev–Trinajstić information content (AvgIpc) is 3.21. The first-order valence-electron chi connectivity index (χ1n) is 9.89. The third-order valence-corrected chi connectivity index (χ3v) is 6.16. The molecule has 0 fully saturated rings. The fourth-order valence-electron chi connectivity index (χ4n) is 2.94. The van der Waals surface area contributed by atoms with Crippen molar-refractivity contribution in [1.82, 2.24) is 4.98 Å².